The van der Waals surface area contributed by atoms with E-state index in [1.807, 2.05) is 26.8 Å². The summed E-state index contributed by atoms with van der Waals surface area (Å²) in [5.41, 5.74) is 3.40. The lowest BCUT2D eigenvalue weighted by atomic mass is 10.1. The van der Waals surface area contributed by atoms with Crippen LogP contribution in [0.25, 0.3) is 0 Å². The van der Waals surface area contributed by atoms with E-state index in [9.17, 15) is 4.79 Å². The molecule has 0 saturated heterocycles. The lowest BCUT2D eigenvalue weighted by Gasteiger charge is -2.11. The molecule has 19 heavy (non-hydrogen) atoms. The fourth-order valence-electron chi connectivity index (χ4n) is 1.82. The number of carboxylic acid groups (broad SMARTS) is 1. The average molecular weight is 257 g/mol. The van der Waals surface area contributed by atoms with Crippen LogP contribution in [0.1, 0.15) is 27.0 Å². The van der Waals surface area contributed by atoms with E-state index in [1.54, 1.807) is 0 Å². The highest BCUT2D eigenvalue weighted by Gasteiger charge is 2.09. The third-order valence-electron chi connectivity index (χ3n) is 2.96. The fraction of sp³-hybridized carbons (Fsp3) is 0.200. The summed E-state index contributed by atoms with van der Waals surface area (Å²) in [6.45, 7) is 5.96. The van der Waals surface area contributed by atoms with Crippen molar-refractivity contribution >= 4 is 5.97 Å². The summed E-state index contributed by atoms with van der Waals surface area (Å²) in [5.74, 6) is -0.00932. The van der Waals surface area contributed by atoms with Gasteiger partial charge in [-0.25, -0.2) is 9.78 Å². The highest BCUT2D eigenvalue weighted by molar-refractivity contribution is 5.87. The minimum atomic E-state index is -0.996. The van der Waals surface area contributed by atoms with Crippen LogP contribution in [0.2, 0.25) is 0 Å². The maximum absolute atomic E-state index is 10.9. The number of rotatable bonds is 3. The maximum atomic E-state index is 10.9. The largest absolute Gasteiger partial charge is 0.478 e. The van der Waals surface area contributed by atoms with E-state index in [4.69, 9.17) is 9.84 Å². The van der Waals surface area contributed by atoms with Crippen LogP contribution < -0.4 is 4.74 Å². The average Bonchev–Trinajstić information content (AvgIpc) is 2.35. The Morgan fingerprint density at radius 2 is 1.95 bits per heavy atom. The van der Waals surface area contributed by atoms with Crippen molar-refractivity contribution in [3.63, 3.8) is 0 Å². The Hall–Kier alpha value is -2.36. The SMILES string of the molecule is Cc1cc(C)c(C)c(Oc2cc(C(=O)O)ccn2)c1. The van der Waals surface area contributed by atoms with Crippen molar-refractivity contribution in [1.29, 1.82) is 0 Å². The summed E-state index contributed by atoms with van der Waals surface area (Å²) < 4.78 is 5.69. The topological polar surface area (TPSA) is 59.4 Å². The zero-order valence-corrected chi connectivity index (χ0v) is 11.1. The Kier molecular flexibility index (Phi) is 3.51. The number of aromatic nitrogens is 1. The van der Waals surface area contributed by atoms with E-state index in [-0.39, 0.29) is 11.4 Å². The summed E-state index contributed by atoms with van der Waals surface area (Å²) in [6, 6.07) is 6.84. The van der Waals surface area contributed by atoms with Gasteiger partial charge in [0, 0.05) is 12.3 Å². The molecule has 0 saturated carbocycles. The molecule has 0 unspecified atom stereocenters. The number of ether oxygens (including phenoxy) is 1. The molecule has 0 spiro atoms. The van der Waals surface area contributed by atoms with Crippen molar-refractivity contribution in [3.8, 4) is 11.6 Å². The molecule has 4 heteroatoms. The van der Waals surface area contributed by atoms with Crippen LogP contribution in [-0.4, -0.2) is 16.1 Å². The molecule has 0 aliphatic carbocycles. The molecule has 2 rings (SSSR count). The van der Waals surface area contributed by atoms with Gasteiger partial charge in [-0.3, -0.25) is 0 Å². The van der Waals surface area contributed by atoms with Crippen LogP contribution in [0.3, 0.4) is 0 Å². The monoisotopic (exact) mass is 257 g/mol. The first-order valence-electron chi connectivity index (χ1n) is 5.92. The number of hydrogen-bond donors (Lipinski definition) is 1. The lowest BCUT2D eigenvalue weighted by Crippen LogP contribution is -1.98. The molecule has 1 aromatic heterocycles. The van der Waals surface area contributed by atoms with Crippen molar-refractivity contribution < 1.29 is 14.6 Å². The molecule has 0 amide bonds. The molecule has 0 aliphatic rings. The van der Waals surface area contributed by atoms with Crippen molar-refractivity contribution in [3.05, 3.63) is 52.7 Å². The quantitative estimate of drug-likeness (QED) is 0.914. The van der Waals surface area contributed by atoms with Gasteiger partial charge in [-0.2, -0.15) is 0 Å². The second kappa shape index (κ2) is 5.10. The van der Waals surface area contributed by atoms with Gasteiger partial charge in [0.25, 0.3) is 0 Å². The van der Waals surface area contributed by atoms with Crippen molar-refractivity contribution in [1.82, 2.24) is 4.98 Å². The first-order valence-corrected chi connectivity index (χ1v) is 5.92. The first kappa shape index (κ1) is 13.1. The molecule has 2 aromatic rings. The predicted octanol–water partition coefficient (Wildman–Crippen LogP) is 3.50. The number of carboxylic acids is 1. The van der Waals surface area contributed by atoms with Crippen LogP contribution in [-0.2, 0) is 0 Å². The molecule has 0 atom stereocenters. The number of nitrogens with zero attached hydrogens (tertiary/aromatic N) is 1. The Bertz CT molecular complexity index is 635. The van der Waals surface area contributed by atoms with Crippen LogP contribution in [0, 0.1) is 20.8 Å². The van der Waals surface area contributed by atoms with Gasteiger partial charge in [-0.1, -0.05) is 6.07 Å². The molecule has 0 radical (unpaired) electrons. The predicted molar refractivity (Wildman–Crippen MR) is 71.9 cm³/mol. The summed E-state index contributed by atoms with van der Waals surface area (Å²) in [5, 5.41) is 8.93. The van der Waals surface area contributed by atoms with Gasteiger partial charge < -0.3 is 9.84 Å². The van der Waals surface area contributed by atoms with Crippen molar-refractivity contribution in [2.75, 3.05) is 0 Å². The smallest absolute Gasteiger partial charge is 0.335 e. The van der Waals surface area contributed by atoms with Gasteiger partial charge in [0.2, 0.25) is 5.88 Å². The molecule has 0 bridgehead atoms. The number of hydrogen-bond acceptors (Lipinski definition) is 3. The first-order chi connectivity index (χ1) is 8.97. The summed E-state index contributed by atoms with van der Waals surface area (Å²) in [4.78, 5) is 14.9. The van der Waals surface area contributed by atoms with Crippen LogP contribution in [0.15, 0.2) is 30.5 Å². The fourth-order valence-corrected chi connectivity index (χ4v) is 1.82. The Balaban J connectivity index is 2.36. The van der Waals surface area contributed by atoms with E-state index in [1.165, 1.54) is 18.3 Å². The standard InChI is InChI=1S/C15H15NO3/c1-9-6-10(2)11(3)13(7-9)19-14-8-12(15(17)18)4-5-16-14/h4-8H,1-3H3,(H,17,18). The number of aryl methyl sites for hydroxylation is 2. The molecular weight excluding hydrogens is 242 g/mol. The zero-order chi connectivity index (χ0) is 14.0. The number of benzene rings is 1. The normalized spacial score (nSPS) is 10.3. The highest BCUT2D eigenvalue weighted by atomic mass is 16.5. The van der Waals surface area contributed by atoms with Gasteiger partial charge in [-0.15, -0.1) is 0 Å². The number of aromatic carboxylic acids is 1. The molecule has 4 nitrogen and oxygen atoms in total. The van der Waals surface area contributed by atoms with Crippen LogP contribution in [0.4, 0.5) is 0 Å². The molecule has 1 N–H and O–H groups in total. The van der Waals surface area contributed by atoms with Crippen LogP contribution >= 0.6 is 0 Å². The summed E-state index contributed by atoms with van der Waals surface area (Å²) in [7, 11) is 0. The number of pyridine rings is 1. The Morgan fingerprint density at radius 1 is 1.21 bits per heavy atom. The molecular formula is C15H15NO3. The Morgan fingerprint density at radius 3 is 2.63 bits per heavy atom. The molecule has 0 fully saturated rings. The van der Waals surface area contributed by atoms with Gasteiger partial charge in [-0.05, 0) is 49.6 Å². The third kappa shape index (κ3) is 2.91. The van der Waals surface area contributed by atoms with Crippen molar-refractivity contribution in [2.45, 2.75) is 20.8 Å². The molecule has 1 heterocycles. The van der Waals surface area contributed by atoms with Crippen LogP contribution in [0.5, 0.6) is 11.6 Å². The Labute approximate surface area is 111 Å². The van der Waals surface area contributed by atoms with E-state index in [0.29, 0.717) is 5.75 Å². The minimum absolute atomic E-state index is 0.159. The van der Waals surface area contributed by atoms with E-state index in [2.05, 4.69) is 11.1 Å². The summed E-state index contributed by atoms with van der Waals surface area (Å²) in [6.07, 6.45) is 1.43. The minimum Gasteiger partial charge on any atom is -0.478 e. The number of carbonyl (C=O) groups is 1. The highest BCUT2D eigenvalue weighted by Crippen LogP contribution is 2.27. The second-order valence-corrected chi connectivity index (χ2v) is 4.49. The van der Waals surface area contributed by atoms with E-state index in [0.717, 1.165) is 16.7 Å². The molecule has 0 aliphatic heterocycles. The molecule has 1 aromatic carbocycles. The third-order valence-corrected chi connectivity index (χ3v) is 2.96. The van der Waals surface area contributed by atoms with Crippen molar-refractivity contribution in [2.24, 2.45) is 0 Å². The molecule has 98 valence electrons. The van der Waals surface area contributed by atoms with E-state index < -0.39 is 5.97 Å². The maximum Gasteiger partial charge on any atom is 0.335 e. The van der Waals surface area contributed by atoms with Gasteiger partial charge >= 0.3 is 5.97 Å². The van der Waals surface area contributed by atoms with Gasteiger partial charge in [0.15, 0.2) is 0 Å². The lowest BCUT2D eigenvalue weighted by molar-refractivity contribution is 0.0696. The zero-order valence-electron chi connectivity index (χ0n) is 11.1. The van der Waals surface area contributed by atoms with Gasteiger partial charge in [0.1, 0.15) is 5.75 Å². The van der Waals surface area contributed by atoms with E-state index >= 15 is 0 Å². The second-order valence-electron chi connectivity index (χ2n) is 4.49. The van der Waals surface area contributed by atoms with Gasteiger partial charge in [0.05, 0.1) is 5.56 Å². The summed E-state index contributed by atoms with van der Waals surface area (Å²) >= 11 is 0.